The third kappa shape index (κ3) is 4.98. The minimum absolute atomic E-state index is 0.264. The summed E-state index contributed by atoms with van der Waals surface area (Å²) in [5, 5.41) is 6.59. The zero-order valence-electron chi connectivity index (χ0n) is 15.9. The van der Waals surface area contributed by atoms with Gasteiger partial charge in [-0.15, -0.1) is 0 Å². The van der Waals surface area contributed by atoms with Crippen LogP contribution in [0.3, 0.4) is 0 Å². The molecule has 2 aromatic carbocycles. The second-order valence-corrected chi connectivity index (χ2v) is 6.62. The van der Waals surface area contributed by atoms with Crippen molar-refractivity contribution in [2.75, 3.05) is 17.2 Å². The van der Waals surface area contributed by atoms with Crippen molar-refractivity contribution in [2.24, 2.45) is 0 Å². The predicted octanol–water partition coefficient (Wildman–Crippen LogP) is 5.14. The number of hydrogen-bond donors (Lipinski definition) is 2. The minimum Gasteiger partial charge on any atom is -0.494 e. The molecule has 0 radical (unpaired) electrons. The molecular formula is C21H21ClN4O2. The van der Waals surface area contributed by atoms with E-state index >= 15 is 0 Å². The van der Waals surface area contributed by atoms with Crippen LogP contribution in [0.1, 0.15) is 28.8 Å². The van der Waals surface area contributed by atoms with Gasteiger partial charge in [0.2, 0.25) is 0 Å². The van der Waals surface area contributed by atoms with E-state index in [0.717, 1.165) is 17.0 Å². The van der Waals surface area contributed by atoms with E-state index in [4.69, 9.17) is 16.3 Å². The molecule has 2 N–H and O–H groups in total. The quantitative estimate of drug-likeness (QED) is 0.603. The van der Waals surface area contributed by atoms with Crippen LogP contribution in [0.4, 0.5) is 17.2 Å². The number of carbonyl (C=O) groups is 1. The van der Waals surface area contributed by atoms with Crippen LogP contribution in [0.2, 0.25) is 5.02 Å². The van der Waals surface area contributed by atoms with Gasteiger partial charge in [-0.25, -0.2) is 9.97 Å². The normalized spacial score (nSPS) is 10.4. The molecule has 0 saturated carbocycles. The van der Waals surface area contributed by atoms with Crippen molar-refractivity contribution in [3.8, 4) is 5.75 Å². The Balaban J connectivity index is 1.78. The van der Waals surface area contributed by atoms with Crippen LogP contribution in [0.5, 0.6) is 5.75 Å². The van der Waals surface area contributed by atoms with E-state index < -0.39 is 0 Å². The Hall–Kier alpha value is -3.12. The van der Waals surface area contributed by atoms with Crippen LogP contribution in [0.25, 0.3) is 0 Å². The third-order valence-electron chi connectivity index (χ3n) is 3.96. The highest BCUT2D eigenvalue weighted by Crippen LogP contribution is 2.22. The molecule has 1 heterocycles. The molecule has 1 amide bonds. The van der Waals surface area contributed by atoms with Gasteiger partial charge < -0.3 is 15.4 Å². The van der Waals surface area contributed by atoms with Gasteiger partial charge in [0.15, 0.2) is 0 Å². The second kappa shape index (κ2) is 8.71. The Morgan fingerprint density at radius 2 is 1.82 bits per heavy atom. The molecule has 0 fully saturated rings. The summed E-state index contributed by atoms with van der Waals surface area (Å²) < 4.78 is 5.44. The molecule has 7 heteroatoms. The molecule has 6 nitrogen and oxygen atoms in total. The summed E-state index contributed by atoms with van der Waals surface area (Å²) in [6, 6.07) is 14.5. The molecule has 0 atom stereocenters. The number of nitrogens with zero attached hydrogens (tertiary/aromatic N) is 2. The van der Waals surface area contributed by atoms with Crippen molar-refractivity contribution in [1.29, 1.82) is 0 Å². The topological polar surface area (TPSA) is 76.1 Å². The number of nitrogens with one attached hydrogen (secondary N) is 2. The van der Waals surface area contributed by atoms with Crippen LogP contribution in [0, 0.1) is 13.8 Å². The number of hydrogen-bond acceptors (Lipinski definition) is 5. The van der Waals surface area contributed by atoms with E-state index in [1.54, 1.807) is 25.1 Å². The fraction of sp³-hybridized carbons (Fsp3) is 0.190. The molecule has 0 saturated heterocycles. The Labute approximate surface area is 168 Å². The lowest BCUT2D eigenvalue weighted by Gasteiger charge is -2.11. The van der Waals surface area contributed by atoms with Gasteiger partial charge in [0.05, 0.1) is 6.61 Å². The van der Waals surface area contributed by atoms with Crippen molar-refractivity contribution in [1.82, 2.24) is 9.97 Å². The highest BCUT2D eigenvalue weighted by molar-refractivity contribution is 6.31. The van der Waals surface area contributed by atoms with Gasteiger partial charge in [-0.05, 0) is 62.7 Å². The minimum atomic E-state index is -0.328. The number of benzene rings is 2. The Bertz CT molecular complexity index is 990. The highest BCUT2D eigenvalue weighted by Gasteiger charge is 2.12. The van der Waals surface area contributed by atoms with Gasteiger partial charge in [-0.3, -0.25) is 4.79 Å². The van der Waals surface area contributed by atoms with Crippen molar-refractivity contribution < 1.29 is 9.53 Å². The first-order chi connectivity index (χ1) is 13.4. The molecular weight excluding hydrogens is 376 g/mol. The fourth-order valence-electron chi connectivity index (χ4n) is 2.61. The summed E-state index contributed by atoms with van der Waals surface area (Å²) in [7, 11) is 0. The van der Waals surface area contributed by atoms with Gasteiger partial charge in [-0.2, -0.15) is 0 Å². The molecule has 0 aliphatic carbocycles. The van der Waals surface area contributed by atoms with E-state index in [2.05, 4.69) is 20.6 Å². The maximum absolute atomic E-state index is 12.7. The molecule has 3 rings (SSSR count). The van der Waals surface area contributed by atoms with Crippen LogP contribution in [-0.2, 0) is 0 Å². The molecule has 144 valence electrons. The van der Waals surface area contributed by atoms with Crippen molar-refractivity contribution in [2.45, 2.75) is 20.8 Å². The number of aryl methyl sites for hydroxylation is 2. The van der Waals surface area contributed by atoms with Gasteiger partial charge in [0.1, 0.15) is 23.1 Å². The van der Waals surface area contributed by atoms with E-state index in [-0.39, 0.29) is 11.6 Å². The second-order valence-electron chi connectivity index (χ2n) is 6.18. The molecule has 1 aromatic heterocycles. The standard InChI is InChI=1S/C21H21ClN4O2/c1-4-28-17-9-7-16(8-10-17)25-20-12-19(23-14(3)24-20)21(27)26-18-11-15(22)6-5-13(18)2/h5-12H,4H2,1-3H3,(H,26,27)(H,23,24,25). The van der Waals surface area contributed by atoms with E-state index in [1.165, 1.54) is 0 Å². The summed E-state index contributed by atoms with van der Waals surface area (Å²) in [4.78, 5) is 21.3. The largest absolute Gasteiger partial charge is 0.494 e. The molecule has 0 aliphatic heterocycles. The van der Waals surface area contributed by atoms with Gasteiger partial charge in [0.25, 0.3) is 5.91 Å². The zero-order valence-corrected chi connectivity index (χ0v) is 16.7. The summed E-state index contributed by atoms with van der Waals surface area (Å²) >= 11 is 6.02. The predicted molar refractivity (Wildman–Crippen MR) is 112 cm³/mol. The van der Waals surface area contributed by atoms with E-state index in [1.807, 2.05) is 44.2 Å². The van der Waals surface area contributed by atoms with Crippen LogP contribution < -0.4 is 15.4 Å². The smallest absolute Gasteiger partial charge is 0.274 e. The Kier molecular flexibility index (Phi) is 6.11. The van der Waals surface area contributed by atoms with E-state index in [9.17, 15) is 4.79 Å². The van der Waals surface area contributed by atoms with Crippen LogP contribution >= 0.6 is 11.6 Å². The molecule has 0 aliphatic rings. The summed E-state index contributed by atoms with van der Waals surface area (Å²) in [5.41, 5.74) is 2.66. The first kappa shape index (κ1) is 19.6. The van der Waals surface area contributed by atoms with Crippen LogP contribution in [-0.4, -0.2) is 22.5 Å². The van der Waals surface area contributed by atoms with Gasteiger partial charge in [0, 0.05) is 22.5 Å². The zero-order chi connectivity index (χ0) is 20.1. The number of amides is 1. The van der Waals surface area contributed by atoms with Crippen molar-refractivity contribution in [3.05, 3.63) is 70.6 Å². The molecule has 0 bridgehead atoms. The van der Waals surface area contributed by atoms with Crippen LogP contribution in [0.15, 0.2) is 48.5 Å². The van der Waals surface area contributed by atoms with E-state index in [0.29, 0.717) is 29.0 Å². The number of aromatic nitrogens is 2. The van der Waals surface area contributed by atoms with Crippen molar-refractivity contribution in [3.63, 3.8) is 0 Å². The van der Waals surface area contributed by atoms with Gasteiger partial charge in [-0.1, -0.05) is 17.7 Å². The van der Waals surface area contributed by atoms with Gasteiger partial charge >= 0.3 is 0 Å². The Morgan fingerprint density at radius 1 is 1.07 bits per heavy atom. The molecule has 0 unspecified atom stereocenters. The maximum atomic E-state index is 12.7. The Morgan fingerprint density at radius 3 is 2.54 bits per heavy atom. The molecule has 28 heavy (non-hydrogen) atoms. The first-order valence-electron chi connectivity index (χ1n) is 8.87. The monoisotopic (exact) mass is 396 g/mol. The third-order valence-corrected chi connectivity index (χ3v) is 4.19. The summed E-state index contributed by atoms with van der Waals surface area (Å²) in [5.74, 6) is 1.49. The number of halogens is 1. The molecule has 3 aromatic rings. The number of rotatable bonds is 6. The lowest BCUT2D eigenvalue weighted by Crippen LogP contribution is -2.16. The SMILES string of the molecule is CCOc1ccc(Nc2cc(C(=O)Nc3cc(Cl)ccc3C)nc(C)n2)cc1. The number of anilines is 3. The number of carbonyl (C=O) groups excluding carboxylic acids is 1. The first-order valence-corrected chi connectivity index (χ1v) is 9.25. The number of ether oxygens (including phenoxy) is 1. The maximum Gasteiger partial charge on any atom is 0.274 e. The highest BCUT2D eigenvalue weighted by atomic mass is 35.5. The lowest BCUT2D eigenvalue weighted by molar-refractivity contribution is 0.102. The molecule has 0 spiro atoms. The summed E-state index contributed by atoms with van der Waals surface area (Å²) in [6.45, 7) is 6.19. The fourth-order valence-corrected chi connectivity index (χ4v) is 2.78. The lowest BCUT2D eigenvalue weighted by atomic mass is 10.2. The van der Waals surface area contributed by atoms with Crippen molar-refractivity contribution >= 4 is 34.7 Å². The average molecular weight is 397 g/mol. The summed E-state index contributed by atoms with van der Waals surface area (Å²) in [6.07, 6.45) is 0. The average Bonchev–Trinajstić information content (AvgIpc) is 2.66.